The van der Waals surface area contributed by atoms with Gasteiger partial charge in [0.2, 0.25) is 0 Å². The molecule has 0 aromatic heterocycles. The smallest absolute Gasteiger partial charge is 0.257 e. The van der Waals surface area contributed by atoms with Crippen LogP contribution < -0.4 is 11.1 Å². The van der Waals surface area contributed by atoms with Gasteiger partial charge in [0.15, 0.2) is 5.82 Å². The topological polar surface area (TPSA) is 55.1 Å². The number of carbonyl (C=O) groups excluding carboxylic acids is 1. The molecule has 1 aliphatic rings. The van der Waals surface area contributed by atoms with E-state index in [1.165, 1.54) is 0 Å². The molecule has 2 rings (SSSR count). The fourth-order valence-corrected chi connectivity index (χ4v) is 1.72. The quantitative estimate of drug-likeness (QED) is 0.777. The van der Waals surface area contributed by atoms with Crippen LogP contribution in [0.2, 0.25) is 0 Å². The Morgan fingerprint density at radius 3 is 2.59 bits per heavy atom. The van der Waals surface area contributed by atoms with E-state index in [1.54, 1.807) is 0 Å². The second-order valence-electron chi connectivity index (χ2n) is 5.04. The Labute approximate surface area is 98.0 Å². The normalized spacial score (nSPS) is 21.1. The van der Waals surface area contributed by atoms with E-state index in [0.29, 0.717) is 0 Å². The number of anilines is 1. The average molecular weight is 240 g/mol. The maximum absolute atomic E-state index is 13.6. The van der Waals surface area contributed by atoms with Crippen LogP contribution in [0.1, 0.15) is 30.6 Å². The zero-order chi connectivity index (χ0) is 12.8. The van der Waals surface area contributed by atoms with E-state index >= 15 is 0 Å². The van der Waals surface area contributed by atoms with Crippen molar-refractivity contribution in [1.29, 1.82) is 0 Å². The Balaban J connectivity index is 2.23. The molecule has 0 radical (unpaired) electrons. The molecule has 0 bridgehead atoms. The van der Waals surface area contributed by atoms with Crippen molar-refractivity contribution in [2.45, 2.75) is 26.3 Å². The molecular weight excluding hydrogens is 226 g/mol. The van der Waals surface area contributed by atoms with Crippen molar-refractivity contribution >= 4 is 11.6 Å². The van der Waals surface area contributed by atoms with Gasteiger partial charge in [-0.15, -0.1) is 0 Å². The van der Waals surface area contributed by atoms with Crippen molar-refractivity contribution in [3.05, 3.63) is 29.3 Å². The molecule has 92 valence electrons. The molecule has 0 spiro atoms. The molecular formula is C12H14F2N2O. The molecule has 17 heavy (non-hydrogen) atoms. The molecule has 1 unspecified atom stereocenters. The summed E-state index contributed by atoms with van der Waals surface area (Å²) in [7, 11) is 0. The summed E-state index contributed by atoms with van der Waals surface area (Å²) < 4.78 is 26.9. The average Bonchev–Trinajstić information content (AvgIpc) is 2.80. The Hall–Kier alpha value is -1.65. The predicted octanol–water partition coefficient (Wildman–Crippen LogP) is 2.08. The summed E-state index contributed by atoms with van der Waals surface area (Å²) in [5.41, 5.74) is 4.47. The van der Waals surface area contributed by atoms with E-state index in [4.69, 9.17) is 5.73 Å². The maximum Gasteiger partial charge on any atom is 0.257 e. The zero-order valence-electron chi connectivity index (χ0n) is 9.68. The number of hydrogen-bond donors (Lipinski definition) is 2. The second kappa shape index (κ2) is 3.68. The number of hydrogen-bond acceptors (Lipinski definition) is 2. The minimum atomic E-state index is -0.999. The van der Waals surface area contributed by atoms with Gasteiger partial charge in [-0.05, 0) is 24.0 Å². The van der Waals surface area contributed by atoms with E-state index in [0.717, 1.165) is 18.6 Å². The Kier molecular flexibility index (Phi) is 2.56. The summed E-state index contributed by atoms with van der Waals surface area (Å²) in [5.74, 6) is -2.64. The number of nitrogens with two attached hydrogens (primary N) is 1. The van der Waals surface area contributed by atoms with Crippen LogP contribution in [-0.2, 0) is 0 Å². The van der Waals surface area contributed by atoms with Crippen molar-refractivity contribution in [3.8, 4) is 0 Å². The summed E-state index contributed by atoms with van der Waals surface area (Å²) in [4.78, 5) is 11.7. The summed E-state index contributed by atoms with van der Waals surface area (Å²) in [5, 5.41) is 2.59. The molecule has 1 amide bonds. The van der Waals surface area contributed by atoms with Crippen molar-refractivity contribution in [2.75, 3.05) is 5.73 Å². The molecule has 3 N–H and O–H groups in total. The third-order valence-electron chi connectivity index (χ3n) is 3.17. The number of benzene rings is 1. The van der Waals surface area contributed by atoms with Gasteiger partial charge in [0.1, 0.15) is 11.4 Å². The van der Waals surface area contributed by atoms with E-state index in [1.807, 2.05) is 13.8 Å². The second-order valence-corrected chi connectivity index (χ2v) is 5.04. The van der Waals surface area contributed by atoms with Crippen molar-refractivity contribution in [3.63, 3.8) is 0 Å². The predicted molar refractivity (Wildman–Crippen MR) is 60.4 cm³/mol. The highest BCUT2D eigenvalue weighted by Gasteiger charge is 2.47. The molecule has 0 aliphatic heterocycles. The third kappa shape index (κ3) is 2.09. The minimum absolute atomic E-state index is 0.00291. The fourth-order valence-electron chi connectivity index (χ4n) is 1.72. The molecule has 1 fully saturated rings. The van der Waals surface area contributed by atoms with E-state index in [2.05, 4.69) is 5.32 Å². The number of rotatable bonds is 2. The SMILES string of the molecule is CC1(C)CC1NC(=O)c1c(F)ccc(N)c1F. The number of nitrogens with one attached hydrogen (secondary N) is 1. The highest BCUT2D eigenvalue weighted by Crippen LogP contribution is 2.44. The van der Waals surface area contributed by atoms with E-state index < -0.39 is 23.1 Å². The van der Waals surface area contributed by atoms with Crippen LogP contribution in [0.25, 0.3) is 0 Å². The monoisotopic (exact) mass is 240 g/mol. The number of amides is 1. The molecule has 5 heteroatoms. The van der Waals surface area contributed by atoms with Gasteiger partial charge >= 0.3 is 0 Å². The lowest BCUT2D eigenvalue weighted by atomic mass is 10.1. The van der Waals surface area contributed by atoms with E-state index in [9.17, 15) is 13.6 Å². The standard InChI is InChI=1S/C12H14F2N2O/c1-12(2)5-8(12)16-11(17)9-6(13)3-4-7(15)10(9)14/h3-4,8H,5,15H2,1-2H3,(H,16,17). The van der Waals surface area contributed by atoms with Crippen molar-refractivity contribution in [2.24, 2.45) is 5.41 Å². The first kappa shape index (κ1) is 11.8. The Morgan fingerprint density at radius 1 is 1.47 bits per heavy atom. The minimum Gasteiger partial charge on any atom is -0.396 e. The van der Waals surface area contributed by atoms with Crippen LogP contribution in [0.5, 0.6) is 0 Å². The molecule has 3 nitrogen and oxygen atoms in total. The van der Waals surface area contributed by atoms with Gasteiger partial charge in [-0.1, -0.05) is 13.8 Å². The summed E-state index contributed by atoms with van der Waals surface area (Å²) in [6.07, 6.45) is 0.810. The summed E-state index contributed by atoms with van der Waals surface area (Å²) >= 11 is 0. The molecule has 1 atom stereocenters. The molecule has 1 saturated carbocycles. The summed E-state index contributed by atoms with van der Waals surface area (Å²) in [6.45, 7) is 3.95. The first-order chi connectivity index (χ1) is 7.83. The van der Waals surface area contributed by atoms with Gasteiger partial charge in [-0.25, -0.2) is 8.78 Å². The molecule has 0 saturated heterocycles. The van der Waals surface area contributed by atoms with Gasteiger partial charge in [-0.2, -0.15) is 0 Å². The summed E-state index contributed by atoms with van der Waals surface area (Å²) in [6, 6.07) is 2.06. The van der Waals surface area contributed by atoms with Crippen LogP contribution in [0.4, 0.5) is 14.5 Å². The first-order valence-corrected chi connectivity index (χ1v) is 5.37. The number of nitrogen functional groups attached to an aromatic ring is 1. The molecule has 1 aromatic carbocycles. The lowest BCUT2D eigenvalue weighted by Crippen LogP contribution is -2.30. The van der Waals surface area contributed by atoms with Gasteiger partial charge < -0.3 is 11.1 Å². The van der Waals surface area contributed by atoms with Gasteiger partial charge in [0.25, 0.3) is 5.91 Å². The zero-order valence-corrected chi connectivity index (χ0v) is 9.68. The number of halogens is 2. The van der Waals surface area contributed by atoms with Crippen molar-refractivity contribution < 1.29 is 13.6 Å². The van der Waals surface area contributed by atoms with Crippen molar-refractivity contribution in [1.82, 2.24) is 5.32 Å². The molecule has 1 aliphatic carbocycles. The highest BCUT2D eigenvalue weighted by molar-refractivity contribution is 5.96. The number of carbonyl (C=O) groups is 1. The largest absolute Gasteiger partial charge is 0.396 e. The molecule has 1 aromatic rings. The fraction of sp³-hybridized carbons (Fsp3) is 0.417. The van der Waals surface area contributed by atoms with Gasteiger partial charge in [-0.3, -0.25) is 4.79 Å². The van der Waals surface area contributed by atoms with E-state index in [-0.39, 0.29) is 17.1 Å². The lowest BCUT2D eigenvalue weighted by molar-refractivity contribution is 0.0938. The lowest BCUT2D eigenvalue weighted by Gasteiger charge is -2.09. The Morgan fingerprint density at radius 2 is 2.06 bits per heavy atom. The highest BCUT2D eigenvalue weighted by atomic mass is 19.1. The Bertz CT molecular complexity index is 486. The maximum atomic E-state index is 13.6. The van der Waals surface area contributed by atoms with Gasteiger partial charge in [0.05, 0.1) is 5.69 Å². The first-order valence-electron chi connectivity index (χ1n) is 5.37. The van der Waals surface area contributed by atoms with Crippen LogP contribution in [-0.4, -0.2) is 11.9 Å². The third-order valence-corrected chi connectivity index (χ3v) is 3.17. The van der Waals surface area contributed by atoms with Gasteiger partial charge in [0, 0.05) is 6.04 Å². The van der Waals surface area contributed by atoms with Crippen LogP contribution in [0, 0.1) is 17.0 Å². The van der Waals surface area contributed by atoms with Crippen LogP contribution in [0.3, 0.4) is 0 Å². The molecule has 0 heterocycles. The van der Waals surface area contributed by atoms with Crippen LogP contribution >= 0.6 is 0 Å². The van der Waals surface area contributed by atoms with Crippen LogP contribution in [0.15, 0.2) is 12.1 Å².